The molecule has 194 valence electrons. The standard InChI is InChI=1S/C27H38O8/c1-7-16(2)22(30)34-20-21(33-17(3)28)25(6)23(4,11-12-26(35-25)13-19(29)31-14-26)18-9-8-10-27(15-32-27)24(18,20)5/h7,18,20-21H,8-15H2,1-6H3/b16-7-/t18-,20+,21+,23-,24+,25+,26+,27+/m1/s1. The summed E-state index contributed by atoms with van der Waals surface area (Å²) in [5, 5.41) is 0. The molecule has 3 aliphatic heterocycles. The third kappa shape index (κ3) is 3.28. The third-order valence-electron chi connectivity index (χ3n) is 10.4. The second-order valence-electron chi connectivity index (χ2n) is 12.0. The van der Waals surface area contributed by atoms with Gasteiger partial charge in [0.15, 0.2) is 12.2 Å². The van der Waals surface area contributed by atoms with E-state index >= 15 is 0 Å². The Morgan fingerprint density at radius 1 is 1.03 bits per heavy atom. The molecule has 2 aliphatic carbocycles. The molecule has 8 heteroatoms. The number of carbonyl (C=O) groups is 3. The average molecular weight is 491 g/mol. The molecule has 0 N–H and O–H groups in total. The predicted octanol–water partition coefficient (Wildman–Crippen LogP) is 3.65. The van der Waals surface area contributed by atoms with Crippen LogP contribution >= 0.6 is 0 Å². The molecule has 5 aliphatic rings. The Kier molecular flexibility index (Phi) is 5.50. The minimum atomic E-state index is -1.00. The maximum Gasteiger partial charge on any atom is 0.333 e. The topological polar surface area (TPSA) is 101 Å². The highest BCUT2D eigenvalue weighted by molar-refractivity contribution is 5.87. The number of epoxide rings is 1. The first-order valence-electron chi connectivity index (χ1n) is 12.9. The van der Waals surface area contributed by atoms with Gasteiger partial charge in [-0.05, 0) is 52.4 Å². The maximum atomic E-state index is 13.2. The Balaban J connectivity index is 1.67. The zero-order valence-electron chi connectivity index (χ0n) is 21.7. The largest absolute Gasteiger partial charge is 0.463 e. The first-order chi connectivity index (χ1) is 16.4. The first kappa shape index (κ1) is 24.8. The van der Waals surface area contributed by atoms with E-state index in [1.165, 1.54) is 6.92 Å². The second kappa shape index (κ2) is 7.78. The lowest BCUT2D eigenvalue weighted by molar-refractivity contribution is -0.355. The van der Waals surface area contributed by atoms with Crippen molar-refractivity contribution >= 4 is 17.9 Å². The van der Waals surface area contributed by atoms with E-state index in [0.29, 0.717) is 18.6 Å². The van der Waals surface area contributed by atoms with Gasteiger partial charge in [0.2, 0.25) is 0 Å². The van der Waals surface area contributed by atoms with Crippen molar-refractivity contribution < 1.29 is 38.1 Å². The van der Waals surface area contributed by atoms with Crippen molar-refractivity contribution in [1.29, 1.82) is 0 Å². The summed E-state index contributed by atoms with van der Waals surface area (Å²) in [6, 6.07) is 0. The average Bonchev–Trinajstić information content (AvgIpc) is 3.50. The minimum absolute atomic E-state index is 0.0992. The van der Waals surface area contributed by atoms with Gasteiger partial charge in [0, 0.05) is 23.3 Å². The summed E-state index contributed by atoms with van der Waals surface area (Å²) in [5.41, 5.74) is -2.68. The lowest BCUT2D eigenvalue weighted by Crippen LogP contribution is -2.79. The second-order valence-corrected chi connectivity index (χ2v) is 12.0. The van der Waals surface area contributed by atoms with Crippen LogP contribution < -0.4 is 0 Å². The summed E-state index contributed by atoms with van der Waals surface area (Å²) in [7, 11) is 0. The van der Waals surface area contributed by atoms with Crippen molar-refractivity contribution in [3.05, 3.63) is 11.6 Å². The molecule has 35 heavy (non-hydrogen) atoms. The van der Waals surface area contributed by atoms with Gasteiger partial charge < -0.3 is 23.7 Å². The van der Waals surface area contributed by atoms with Crippen molar-refractivity contribution in [2.24, 2.45) is 16.7 Å². The van der Waals surface area contributed by atoms with E-state index in [4.69, 9.17) is 23.7 Å². The number of carbonyl (C=O) groups excluding carboxylic acids is 3. The highest BCUT2D eigenvalue weighted by Gasteiger charge is 2.80. The van der Waals surface area contributed by atoms with Gasteiger partial charge in [0.25, 0.3) is 0 Å². The van der Waals surface area contributed by atoms with Gasteiger partial charge >= 0.3 is 17.9 Å². The number of ether oxygens (including phenoxy) is 5. The molecule has 0 aromatic heterocycles. The van der Waals surface area contributed by atoms with Crippen LogP contribution in [0.15, 0.2) is 11.6 Å². The van der Waals surface area contributed by atoms with Crippen LogP contribution in [0.3, 0.4) is 0 Å². The summed E-state index contributed by atoms with van der Waals surface area (Å²) in [6.07, 6.45) is 4.53. The van der Waals surface area contributed by atoms with Crippen LogP contribution in [0.4, 0.5) is 0 Å². The Hall–Kier alpha value is -1.93. The van der Waals surface area contributed by atoms with Crippen LogP contribution in [0.1, 0.15) is 80.1 Å². The van der Waals surface area contributed by atoms with E-state index < -0.39 is 51.8 Å². The summed E-state index contributed by atoms with van der Waals surface area (Å²) in [6.45, 7) is 12.0. The Morgan fingerprint density at radius 2 is 1.74 bits per heavy atom. The van der Waals surface area contributed by atoms with Gasteiger partial charge in [0.1, 0.15) is 23.4 Å². The van der Waals surface area contributed by atoms with Gasteiger partial charge in [-0.1, -0.05) is 26.3 Å². The summed E-state index contributed by atoms with van der Waals surface area (Å²) < 4.78 is 30.8. The lowest BCUT2D eigenvalue weighted by Gasteiger charge is -2.70. The van der Waals surface area contributed by atoms with E-state index in [9.17, 15) is 14.4 Å². The molecule has 5 fully saturated rings. The number of fused-ring (bicyclic) bond motifs is 4. The smallest absolute Gasteiger partial charge is 0.333 e. The fraction of sp³-hybridized carbons (Fsp3) is 0.815. The Bertz CT molecular complexity index is 984. The molecule has 0 unspecified atom stereocenters. The van der Waals surface area contributed by atoms with Gasteiger partial charge in [0.05, 0.1) is 13.0 Å². The van der Waals surface area contributed by atoms with Crippen LogP contribution in [0, 0.1) is 16.7 Å². The molecule has 0 radical (unpaired) electrons. The quantitative estimate of drug-likeness (QED) is 0.256. The molecule has 2 saturated carbocycles. The fourth-order valence-corrected chi connectivity index (χ4v) is 7.99. The lowest BCUT2D eigenvalue weighted by atomic mass is 9.40. The number of cyclic esters (lactones) is 1. The zero-order valence-corrected chi connectivity index (χ0v) is 21.7. The van der Waals surface area contributed by atoms with Crippen LogP contribution in [0.2, 0.25) is 0 Å². The van der Waals surface area contributed by atoms with E-state index in [2.05, 4.69) is 13.8 Å². The van der Waals surface area contributed by atoms with Crippen LogP contribution in [0.25, 0.3) is 0 Å². The van der Waals surface area contributed by atoms with E-state index in [-0.39, 0.29) is 24.9 Å². The van der Waals surface area contributed by atoms with Crippen molar-refractivity contribution in [2.45, 2.75) is 109 Å². The predicted molar refractivity (Wildman–Crippen MR) is 124 cm³/mol. The van der Waals surface area contributed by atoms with E-state index in [0.717, 1.165) is 25.7 Å². The molecule has 2 spiro atoms. The molecule has 0 amide bonds. The number of allylic oxidation sites excluding steroid dienone is 1. The first-order valence-corrected chi connectivity index (χ1v) is 12.9. The SMILES string of the molecule is C/C=C(/C)C(=O)O[C@H]1[C@H](OC(C)=O)[C@]2(C)O[C@]3(CC[C@]2(C)[C@H]2CCC[C@]4(CO4)[C@]12C)COC(=O)C3. The monoisotopic (exact) mass is 490 g/mol. The fourth-order valence-electron chi connectivity index (χ4n) is 7.99. The third-order valence-corrected chi connectivity index (χ3v) is 10.4. The Labute approximate surface area is 207 Å². The number of esters is 3. The van der Waals surface area contributed by atoms with E-state index in [1.54, 1.807) is 19.9 Å². The molecule has 0 aromatic carbocycles. The summed E-state index contributed by atoms with van der Waals surface area (Å²) in [5.74, 6) is -1.08. The van der Waals surface area contributed by atoms with Crippen molar-refractivity contribution in [3.8, 4) is 0 Å². The molecular formula is C27H38O8. The van der Waals surface area contributed by atoms with Crippen molar-refractivity contribution in [1.82, 2.24) is 0 Å². The molecule has 8 atom stereocenters. The van der Waals surface area contributed by atoms with Crippen LogP contribution in [0.5, 0.6) is 0 Å². The van der Waals surface area contributed by atoms with Crippen molar-refractivity contribution in [2.75, 3.05) is 13.2 Å². The number of hydrogen-bond donors (Lipinski definition) is 0. The zero-order chi connectivity index (χ0) is 25.4. The van der Waals surface area contributed by atoms with Crippen LogP contribution in [-0.4, -0.2) is 60.1 Å². The summed E-state index contributed by atoms with van der Waals surface area (Å²) >= 11 is 0. The molecule has 3 heterocycles. The molecule has 5 rings (SSSR count). The Morgan fingerprint density at radius 3 is 2.31 bits per heavy atom. The van der Waals surface area contributed by atoms with Gasteiger partial charge in [-0.25, -0.2) is 4.79 Å². The molecule has 3 saturated heterocycles. The van der Waals surface area contributed by atoms with Crippen LogP contribution in [-0.2, 0) is 38.1 Å². The van der Waals surface area contributed by atoms with Crippen molar-refractivity contribution in [3.63, 3.8) is 0 Å². The normalized spacial score (nSPS) is 48.7. The molecule has 8 nitrogen and oxygen atoms in total. The minimum Gasteiger partial charge on any atom is -0.463 e. The number of hydrogen-bond acceptors (Lipinski definition) is 8. The molecule has 0 aromatic rings. The van der Waals surface area contributed by atoms with Gasteiger partial charge in [-0.15, -0.1) is 0 Å². The molecular weight excluding hydrogens is 452 g/mol. The van der Waals surface area contributed by atoms with Gasteiger partial charge in [-0.3, -0.25) is 9.59 Å². The van der Waals surface area contributed by atoms with E-state index in [1.807, 2.05) is 6.92 Å². The number of rotatable bonds is 3. The molecule has 0 bridgehead atoms. The van der Waals surface area contributed by atoms with Gasteiger partial charge in [-0.2, -0.15) is 0 Å². The summed E-state index contributed by atoms with van der Waals surface area (Å²) in [4.78, 5) is 37.8. The highest BCUT2D eigenvalue weighted by Crippen LogP contribution is 2.72. The highest BCUT2D eigenvalue weighted by atomic mass is 16.6. The maximum absolute atomic E-state index is 13.2.